The lowest BCUT2D eigenvalue weighted by Gasteiger charge is -2.30. The van der Waals surface area contributed by atoms with E-state index >= 15 is 0 Å². The summed E-state index contributed by atoms with van der Waals surface area (Å²) >= 11 is 0. The van der Waals surface area contributed by atoms with E-state index in [1.807, 2.05) is 0 Å². The summed E-state index contributed by atoms with van der Waals surface area (Å²) in [5.41, 5.74) is -0.235. The first-order chi connectivity index (χ1) is 7.72. The average Bonchev–Trinajstić information content (AvgIpc) is 2.98. The molecule has 0 aliphatic heterocycles. The number of hydrogen-bond donors (Lipinski definition) is 2. The fraction of sp³-hybridized carbons (Fsp3) is 1.00. The predicted octanol–water partition coefficient (Wildman–Crippen LogP) is 1.70. The van der Waals surface area contributed by atoms with Gasteiger partial charge in [0, 0.05) is 12.6 Å². The minimum Gasteiger partial charge on any atom is -0.394 e. The van der Waals surface area contributed by atoms with E-state index in [0.29, 0.717) is 12.6 Å². The van der Waals surface area contributed by atoms with Crippen molar-refractivity contribution in [3.05, 3.63) is 0 Å². The highest BCUT2D eigenvalue weighted by molar-refractivity contribution is 4.92. The number of nitrogens with one attached hydrogen (secondary N) is 1. The lowest BCUT2D eigenvalue weighted by atomic mass is 9.83. The first-order valence-electron chi connectivity index (χ1n) is 6.68. The largest absolute Gasteiger partial charge is 0.394 e. The third-order valence-electron chi connectivity index (χ3n) is 3.79. The highest BCUT2D eigenvalue weighted by Crippen LogP contribution is 2.29. The molecule has 2 rings (SSSR count). The monoisotopic (exact) mass is 227 g/mol. The molecule has 0 aromatic rings. The van der Waals surface area contributed by atoms with Gasteiger partial charge in [-0.1, -0.05) is 19.3 Å². The van der Waals surface area contributed by atoms with Gasteiger partial charge in [-0.15, -0.1) is 0 Å². The Bertz CT molecular complexity index is 214. The van der Waals surface area contributed by atoms with Crippen molar-refractivity contribution in [1.82, 2.24) is 5.32 Å². The Morgan fingerprint density at radius 3 is 2.56 bits per heavy atom. The number of ether oxygens (including phenoxy) is 1. The van der Waals surface area contributed by atoms with Gasteiger partial charge in [-0.25, -0.2) is 0 Å². The van der Waals surface area contributed by atoms with Gasteiger partial charge in [0.15, 0.2) is 0 Å². The standard InChI is InChI=1S/C13H25NO2/c1-13(9-15,14-12-5-6-12)10-16-8-7-11-3-2-4-11/h11-12,14-15H,2-10H2,1H3. The summed E-state index contributed by atoms with van der Waals surface area (Å²) in [6.07, 6.45) is 7.88. The average molecular weight is 227 g/mol. The van der Waals surface area contributed by atoms with Crippen LogP contribution in [0.2, 0.25) is 0 Å². The molecule has 0 saturated heterocycles. The quantitative estimate of drug-likeness (QED) is 0.620. The van der Waals surface area contributed by atoms with Crippen LogP contribution in [-0.2, 0) is 4.74 Å². The molecular formula is C13H25NO2. The van der Waals surface area contributed by atoms with Crippen molar-refractivity contribution in [2.45, 2.75) is 57.0 Å². The molecule has 3 nitrogen and oxygen atoms in total. The van der Waals surface area contributed by atoms with Gasteiger partial charge in [-0.05, 0) is 32.1 Å². The number of rotatable bonds is 8. The van der Waals surface area contributed by atoms with E-state index in [2.05, 4.69) is 12.2 Å². The van der Waals surface area contributed by atoms with Crippen LogP contribution in [0.4, 0.5) is 0 Å². The second-order valence-electron chi connectivity index (χ2n) is 5.78. The zero-order chi connectivity index (χ0) is 11.4. The molecule has 3 heteroatoms. The lowest BCUT2D eigenvalue weighted by Crippen LogP contribution is -2.50. The minimum absolute atomic E-state index is 0.160. The molecule has 0 bridgehead atoms. The Labute approximate surface area is 98.6 Å². The van der Waals surface area contributed by atoms with Crippen LogP contribution in [0.15, 0.2) is 0 Å². The van der Waals surface area contributed by atoms with E-state index in [0.717, 1.165) is 12.5 Å². The molecule has 2 N–H and O–H groups in total. The van der Waals surface area contributed by atoms with Gasteiger partial charge in [0.05, 0.1) is 18.8 Å². The van der Waals surface area contributed by atoms with Crippen molar-refractivity contribution in [3.8, 4) is 0 Å². The van der Waals surface area contributed by atoms with Crippen molar-refractivity contribution in [2.24, 2.45) is 5.92 Å². The fourth-order valence-corrected chi connectivity index (χ4v) is 2.18. The highest BCUT2D eigenvalue weighted by Gasteiger charge is 2.32. The molecule has 0 aromatic heterocycles. The maximum Gasteiger partial charge on any atom is 0.0668 e. The van der Waals surface area contributed by atoms with Crippen LogP contribution in [-0.4, -0.2) is 36.5 Å². The van der Waals surface area contributed by atoms with E-state index in [1.165, 1.54) is 38.5 Å². The predicted molar refractivity (Wildman–Crippen MR) is 64.4 cm³/mol. The molecule has 0 heterocycles. The summed E-state index contributed by atoms with van der Waals surface area (Å²) in [6, 6.07) is 0.618. The molecular weight excluding hydrogens is 202 g/mol. The SMILES string of the molecule is CC(CO)(COCCC1CCC1)NC1CC1. The van der Waals surface area contributed by atoms with Gasteiger partial charge in [0.1, 0.15) is 0 Å². The third-order valence-corrected chi connectivity index (χ3v) is 3.79. The Morgan fingerprint density at radius 1 is 1.31 bits per heavy atom. The molecule has 1 atom stereocenters. The Hall–Kier alpha value is -0.120. The molecule has 1 unspecified atom stereocenters. The lowest BCUT2D eigenvalue weighted by molar-refractivity contribution is 0.0333. The molecule has 16 heavy (non-hydrogen) atoms. The Morgan fingerprint density at radius 2 is 2.06 bits per heavy atom. The van der Waals surface area contributed by atoms with Crippen molar-refractivity contribution in [2.75, 3.05) is 19.8 Å². The molecule has 94 valence electrons. The van der Waals surface area contributed by atoms with Crippen LogP contribution in [0.5, 0.6) is 0 Å². The number of hydrogen-bond acceptors (Lipinski definition) is 3. The minimum atomic E-state index is -0.235. The van der Waals surface area contributed by atoms with Gasteiger partial charge in [-0.3, -0.25) is 0 Å². The van der Waals surface area contributed by atoms with Gasteiger partial charge < -0.3 is 15.2 Å². The Balaban J connectivity index is 1.57. The molecule has 0 aromatic carbocycles. The van der Waals surface area contributed by atoms with E-state index in [1.54, 1.807) is 0 Å². The van der Waals surface area contributed by atoms with E-state index in [9.17, 15) is 5.11 Å². The van der Waals surface area contributed by atoms with Gasteiger partial charge in [0.2, 0.25) is 0 Å². The van der Waals surface area contributed by atoms with Crippen molar-refractivity contribution >= 4 is 0 Å². The maximum atomic E-state index is 9.39. The second-order valence-corrected chi connectivity index (χ2v) is 5.78. The Kier molecular flexibility index (Phi) is 4.22. The van der Waals surface area contributed by atoms with Crippen molar-refractivity contribution in [1.29, 1.82) is 0 Å². The fourth-order valence-electron chi connectivity index (χ4n) is 2.18. The van der Waals surface area contributed by atoms with Crippen molar-refractivity contribution in [3.63, 3.8) is 0 Å². The number of aliphatic hydroxyl groups excluding tert-OH is 1. The van der Waals surface area contributed by atoms with Crippen LogP contribution >= 0.6 is 0 Å². The van der Waals surface area contributed by atoms with E-state index in [-0.39, 0.29) is 12.1 Å². The normalized spacial score (nSPS) is 25.1. The molecule has 2 aliphatic carbocycles. The zero-order valence-corrected chi connectivity index (χ0v) is 10.4. The molecule has 0 radical (unpaired) electrons. The first kappa shape index (κ1) is 12.3. The third kappa shape index (κ3) is 3.72. The second kappa shape index (κ2) is 5.48. The zero-order valence-electron chi connectivity index (χ0n) is 10.4. The summed E-state index contributed by atoms with van der Waals surface area (Å²) in [7, 11) is 0. The summed E-state index contributed by atoms with van der Waals surface area (Å²) in [6.45, 7) is 3.70. The first-order valence-corrected chi connectivity index (χ1v) is 6.68. The van der Waals surface area contributed by atoms with Crippen LogP contribution in [0.3, 0.4) is 0 Å². The van der Waals surface area contributed by atoms with Crippen LogP contribution < -0.4 is 5.32 Å². The highest BCUT2D eigenvalue weighted by atomic mass is 16.5. The molecule has 2 aliphatic rings. The molecule has 2 fully saturated rings. The molecule has 0 amide bonds. The van der Waals surface area contributed by atoms with E-state index in [4.69, 9.17) is 4.74 Å². The molecule has 2 saturated carbocycles. The van der Waals surface area contributed by atoms with Gasteiger partial charge >= 0.3 is 0 Å². The van der Waals surface area contributed by atoms with Gasteiger partial charge in [0.25, 0.3) is 0 Å². The summed E-state index contributed by atoms with van der Waals surface area (Å²) in [4.78, 5) is 0. The van der Waals surface area contributed by atoms with E-state index < -0.39 is 0 Å². The van der Waals surface area contributed by atoms with Gasteiger partial charge in [-0.2, -0.15) is 0 Å². The summed E-state index contributed by atoms with van der Waals surface area (Å²) < 4.78 is 5.70. The van der Waals surface area contributed by atoms with Crippen molar-refractivity contribution < 1.29 is 9.84 Å². The maximum absolute atomic E-state index is 9.39. The van der Waals surface area contributed by atoms with Crippen LogP contribution in [0, 0.1) is 5.92 Å². The topological polar surface area (TPSA) is 41.5 Å². The summed E-state index contributed by atoms with van der Waals surface area (Å²) in [5, 5.41) is 12.8. The number of aliphatic hydroxyl groups is 1. The summed E-state index contributed by atoms with van der Waals surface area (Å²) in [5.74, 6) is 0.914. The van der Waals surface area contributed by atoms with Crippen LogP contribution in [0.1, 0.15) is 45.4 Å². The smallest absolute Gasteiger partial charge is 0.0668 e. The van der Waals surface area contributed by atoms with Crippen LogP contribution in [0.25, 0.3) is 0 Å². The molecule has 0 spiro atoms.